The zero-order valence-corrected chi connectivity index (χ0v) is 9.12. The number of rotatable bonds is 5. The van der Waals surface area contributed by atoms with Gasteiger partial charge >= 0.3 is 6.18 Å². The summed E-state index contributed by atoms with van der Waals surface area (Å²) in [5.74, 6) is 0.157. The zero-order valence-electron chi connectivity index (χ0n) is 9.12. The number of nitrogen functional groups attached to an aromatic ring is 1. The highest BCUT2D eigenvalue weighted by atomic mass is 19.4. The predicted octanol–water partition coefficient (Wildman–Crippen LogP) is 1.79. The van der Waals surface area contributed by atoms with Gasteiger partial charge in [0.1, 0.15) is 6.33 Å². The summed E-state index contributed by atoms with van der Waals surface area (Å²) in [7, 11) is 1.37. The van der Waals surface area contributed by atoms with E-state index in [0.29, 0.717) is 0 Å². The highest BCUT2D eigenvalue weighted by molar-refractivity contribution is 5.55. The number of hydrogen-bond acceptors (Lipinski definition) is 5. The molecule has 96 valence electrons. The molecule has 0 atom stereocenters. The van der Waals surface area contributed by atoms with E-state index in [0.717, 1.165) is 6.33 Å². The Bertz CT molecular complexity index is 371. The van der Waals surface area contributed by atoms with E-state index in [1.165, 1.54) is 7.11 Å². The number of aromatic nitrogens is 2. The fraction of sp³-hybridized carbons (Fsp3) is 0.556. The van der Waals surface area contributed by atoms with Crippen LogP contribution in [0.1, 0.15) is 12.8 Å². The Morgan fingerprint density at radius 3 is 2.53 bits per heavy atom. The van der Waals surface area contributed by atoms with Crippen molar-refractivity contribution >= 4 is 5.69 Å². The molecule has 0 aliphatic heterocycles. The number of anilines is 1. The van der Waals surface area contributed by atoms with Crippen LogP contribution in [-0.4, -0.2) is 29.9 Å². The van der Waals surface area contributed by atoms with Crippen LogP contribution >= 0.6 is 0 Å². The van der Waals surface area contributed by atoms with Crippen molar-refractivity contribution < 1.29 is 22.6 Å². The van der Waals surface area contributed by atoms with Crippen LogP contribution in [0.25, 0.3) is 0 Å². The predicted molar refractivity (Wildman–Crippen MR) is 53.8 cm³/mol. The molecule has 0 saturated heterocycles. The summed E-state index contributed by atoms with van der Waals surface area (Å²) in [5, 5.41) is 0. The highest BCUT2D eigenvalue weighted by Crippen LogP contribution is 2.27. The van der Waals surface area contributed by atoms with Crippen molar-refractivity contribution in [2.45, 2.75) is 19.0 Å². The van der Waals surface area contributed by atoms with Crippen molar-refractivity contribution in [1.29, 1.82) is 0 Å². The quantitative estimate of drug-likeness (QED) is 0.808. The van der Waals surface area contributed by atoms with Crippen LogP contribution in [0.3, 0.4) is 0 Å². The fourth-order valence-electron chi connectivity index (χ4n) is 1.08. The van der Waals surface area contributed by atoms with Crippen molar-refractivity contribution in [1.82, 2.24) is 9.97 Å². The van der Waals surface area contributed by atoms with Gasteiger partial charge in [-0.05, 0) is 6.42 Å². The molecule has 0 spiro atoms. The summed E-state index contributed by atoms with van der Waals surface area (Å²) in [6.45, 7) is -0.121. The van der Waals surface area contributed by atoms with Gasteiger partial charge in [-0.2, -0.15) is 23.1 Å². The van der Waals surface area contributed by atoms with Crippen molar-refractivity contribution in [3.63, 3.8) is 0 Å². The molecule has 0 aliphatic carbocycles. The van der Waals surface area contributed by atoms with E-state index in [1.807, 2.05) is 0 Å². The number of nitrogens with two attached hydrogens (primary N) is 1. The van der Waals surface area contributed by atoms with Crippen LogP contribution in [0.15, 0.2) is 6.33 Å². The first-order chi connectivity index (χ1) is 7.94. The van der Waals surface area contributed by atoms with Crippen LogP contribution < -0.4 is 15.2 Å². The Balaban J connectivity index is 2.47. The maximum absolute atomic E-state index is 11.9. The smallest absolute Gasteiger partial charge is 0.389 e. The van der Waals surface area contributed by atoms with Crippen LogP contribution in [-0.2, 0) is 0 Å². The molecule has 0 saturated carbocycles. The Hall–Kier alpha value is -1.73. The second kappa shape index (κ2) is 5.55. The van der Waals surface area contributed by atoms with Crippen LogP contribution in [0.5, 0.6) is 11.8 Å². The zero-order chi connectivity index (χ0) is 12.9. The van der Waals surface area contributed by atoms with E-state index >= 15 is 0 Å². The molecule has 0 aromatic carbocycles. The van der Waals surface area contributed by atoms with Crippen LogP contribution in [0.4, 0.5) is 18.9 Å². The molecule has 0 bridgehead atoms. The highest BCUT2D eigenvalue weighted by Gasteiger charge is 2.26. The first-order valence-electron chi connectivity index (χ1n) is 4.78. The summed E-state index contributed by atoms with van der Waals surface area (Å²) < 4.78 is 45.4. The molecule has 1 aromatic heterocycles. The third-order valence-electron chi connectivity index (χ3n) is 1.85. The van der Waals surface area contributed by atoms with Gasteiger partial charge in [0.05, 0.1) is 13.7 Å². The summed E-state index contributed by atoms with van der Waals surface area (Å²) in [4.78, 5) is 7.41. The van der Waals surface area contributed by atoms with Gasteiger partial charge in [0.15, 0.2) is 5.69 Å². The van der Waals surface area contributed by atoms with E-state index < -0.39 is 12.6 Å². The van der Waals surface area contributed by atoms with E-state index in [2.05, 4.69) is 9.97 Å². The molecule has 0 fully saturated rings. The van der Waals surface area contributed by atoms with E-state index in [4.69, 9.17) is 15.2 Å². The summed E-state index contributed by atoms with van der Waals surface area (Å²) >= 11 is 0. The molecule has 1 heterocycles. The summed E-state index contributed by atoms with van der Waals surface area (Å²) in [6, 6.07) is 0. The molecule has 0 radical (unpaired) electrons. The third-order valence-corrected chi connectivity index (χ3v) is 1.85. The standard InChI is InChI=1S/C9H12F3N3O2/c1-16-7-6(13)8(15-5-14-7)17-4-2-3-9(10,11)12/h5H,2-4,13H2,1H3. The number of methoxy groups -OCH3 is 1. The number of hydrogen-bond donors (Lipinski definition) is 1. The number of nitrogens with zero attached hydrogens (tertiary/aromatic N) is 2. The number of halogens is 3. The van der Waals surface area contributed by atoms with Crippen molar-refractivity contribution in [3.05, 3.63) is 6.33 Å². The Morgan fingerprint density at radius 1 is 1.29 bits per heavy atom. The van der Waals surface area contributed by atoms with E-state index in [-0.39, 0.29) is 30.5 Å². The van der Waals surface area contributed by atoms with Gasteiger partial charge in [-0.3, -0.25) is 0 Å². The van der Waals surface area contributed by atoms with Gasteiger partial charge in [-0.15, -0.1) is 0 Å². The molecule has 1 rings (SSSR count). The first kappa shape index (κ1) is 13.3. The van der Waals surface area contributed by atoms with Gasteiger partial charge in [-0.1, -0.05) is 0 Å². The topological polar surface area (TPSA) is 70.3 Å². The Labute approximate surface area is 95.8 Å². The summed E-state index contributed by atoms with van der Waals surface area (Å²) in [6.07, 6.45) is -4.09. The minimum absolute atomic E-state index is 0.0269. The van der Waals surface area contributed by atoms with Crippen molar-refractivity contribution in [2.75, 3.05) is 19.5 Å². The molecule has 17 heavy (non-hydrogen) atoms. The molecule has 1 aromatic rings. The van der Waals surface area contributed by atoms with E-state index in [9.17, 15) is 13.2 Å². The Morgan fingerprint density at radius 2 is 1.94 bits per heavy atom. The molecule has 0 aliphatic rings. The lowest BCUT2D eigenvalue weighted by atomic mass is 10.3. The van der Waals surface area contributed by atoms with E-state index in [1.54, 1.807) is 0 Å². The monoisotopic (exact) mass is 251 g/mol. The maximum Gasteiger partial charge on any atom is 0.389 e. The minimum Gasteiger partial charge on any atom is -0.479 e. The first-order valence-corrected chi connectivity index (χ1v) is 4.78. The van der Waals surface area contributed by atoms with Crippen LogP contribution in [0.2, 0.25) is 0 Å². The fourth-order valence-corrected chi connectivity index (χ4v) is 1.08. The lowest BCUT2D eigenvalue weighted by Crippen LogP contribution is -2.11. The van der Waals surface area contributed by atoms with Gasteiger partial charge in [0.25, 0.3) is 0 Å². The largest absolute Gasteiger partial charge is 0.479 e. The lowest BCUT2D eigenvalue weighted by molar-refractivity contribution is -0.136. The number of ether oxygens (including phenoxy) is 2. The van der Waals surface area contributed by atoms with Gasteiger partial charge < -0.3 is 15.2 Å². The summed E-state index contributed by atoms with van der Waals surface area (Å²) in [5.41, 5.74) is 5.64. The minimum atomic E-state index is -4.18. The molecular weight excluding hydrogens is 239 g/mol. The Kier molecular flexibility index (Phi) is 4.36. The molecular formula is C9H12F3N3O2. The van der Waals surface area contributed by atoms with Gasteiger partial charge in [0, 0.05) is 6.42 Å². The molecule has 8 heteroatoms. The average molecular weight is 251 g/mol. The second-order valence-corrected chi connectivity index (χ2v) is 3.17. The SMILES string of the molecule is COc1ncnc(OCCCC(F)(F)F)c1N. The normalized spacial score (nSPS) is 11.3. The maximum atomic E-state index is 11.9. The van der Waals surface area contributed by atoms with Crippen LogP contribution in [0, 0.1) is 0 Å². The molecule has 5 nitrogen and oxygen atoms in total. The average Bonchev–Trinajstić information content (AvgIpc) is 2.25. The molecule has 0 amide bonds. The second-order valence-electron chi connectivity index (χ2n) is 3.17. The molecule has 2 N–H and O–H groups in total. The third kappa shape index (κ3) is 4.33. The van der Waals surface area contributed by atoms with Crippen molar-refractivity contribution in [3.8, 4) is 11.8 Å². The number of alkyl halides is 3. The van der Waals surface area contributed by atoms with Gasteiger partial charge in [0.2, 0.25) is 11.8 Å². The lowest BCUT2D eigenvalue weighted by Gasteiger charge is -2.10. The molecule has 0 unspecified atom stereocenters. The van der Waals surface area contributed by atoms with Crippen molar-refractivity contribution in [2.24, 2.45) is 0 Å². The van der Waals surface area contributed by atoms with Gasteiger partial charge in [-0.25, -0.2) is 0 Å².